The highest BCUT2D eigenvalue weighted by molar-refractivity contribution is 5.74. The van der Waals surface area contributed by atoms with Crippen molar-refractivity contribution >= 4 is 5.97 Å². The largest absolute Gasteiger partial charge is 0.481 e. The minimum Gasteiger partial charge on any atom is -0.481 e. The monoisotopic (exact) mass is 241 g/mol. The second-order valence-corrected chi connectivity index (χ2v) is 4.13. The van der Waals surface area contributed by atoms with Gasteiger partial charge in [0.2, 0.25) is 0 Å². The molecule has 0 spiro atoms. The number of carboxylic acids is 1. The van der Waals surface area contributed by atoms with Crippen LogP contribution in [0.5, 0.6) is 0 Å². The van der Waals surface area contributed by atoms with Gasteiger partial charge in [-0.05, 0) is 23.6 Å². The Bertz CT molecular complexity index is 547. The Balaban J connectivity index is 2.39. The highest BCUT2D eigenvalue weighted by Gasteiger charge is 2.09. The molecule has 0 aliphatic heterocycles. The van der Waals surface area contributed by atoms with Gasteiger partial charge in [-0.2, -0.15) is 0 Å². The van der Waals surface area contributed by atoms with Gasteiger partial charge in [0.05, 0.1) is 12.1 Å². The van der Waals surface area contributed by atoms with E-state index in [4.69, 9.17) is 5.11 Å². The van der Waals surface area contributed by atoms with E-state index in [9.17, 15) is 4.79 Å². The number of aromatic nitrogens is 1. The number of aliphatic carboxylic acids is 1. The molecule has 2 rings (SSSR count). The van der Waals surface area contributed by atoms with Gasteiger partial charge in [0.1, 0.15) is 0 Å². The van der Waals surface area contributed by atoms with Crippen LogP contribution in [0, 0.1) is 0 Å². The smallest absolute Gasteiger partial charge is 0.307 e. The van der Waals surface area contributed by atoms with Gasteiger partial charge in [0.25, 0.3) is 0 Å². The summed E-state index contributed by atoms with van der Waals surface area (Å²) in [5.74, 6) is -0.838. The molecule has 1 aromatic heterocycles. The summed E-state index contributed by atoms with van der Waals surface area (Å²) in [7, 11) is 0. The maximum absolute atomic E-state index is 10.8. The Morgan fingerprint density at radius 1 is 1.22 bits per heavy atom. The third-order valence-electron chi connectivity index (χ3n) is 2.87. The fourth-order valence-electron chi connectivity index (χ4n) is 1.90. The van der Waals surface area contributed by atoms with Gasteiger partial charge in [-0.1, -0.05) is 37.3 Å². The lowest BCUT2D eigenvalue weighted by Crippen LogP contribution is -2.02. The van der Waals surface area contributed by atoms with E-state index >= 15 is 0 Å². The lowest BCUT2D eigenvalue weighted by atomic mass is 10.0. The first kappa shape index (κ1) is 12.3. The van der Waals surface area contributed by atoms with Crippen molar-refractivity contribution in [2.45, 2.75) is 19.8 Å². The SMILES string of the molecule is CCc1ccc(-c2ncccc2CC(=O)O)cc1. The summed E-state index contributed by atoms with van der Waals surface area (Å²) in [6.07, 6.45) is 2.68. The highest BCUT2D eigenvalue weighted by atomic mass is 16.4. The van der Waals surface area contributed by atoms with Crippen LogP contribution >= 0.6 is 0 Å². The zero-order chi connectivity index (χ0) is 13.0. The Morgan fingerprint density at radius 2 is 1.94 bits per heavy atom. The van der Waals surface area contributed by atoms with Crippen LogP contribution in [0.25, 0.3) is 11.3 Å². The fraction of sp³-hybridized carbons (Fsp3) is 0.200. The zero-order valence-corrected chi connectivity index (χ0v) is 10.3. The summed E-state index contributed by atoms with van der Waals surface area (Å²) < 4.78 is 0. The number of benzene rings is 1. The molecule has 0 aliphatic carbocycles. The molecule has 2 aromatic rings. The number of nitrogens with zero attached hydrogens (tertiary/aromatic N) is 1. The summed E-state index contributed by atoms with van der Waals surface area (Å²) in [6, 6.07) is 11.7. The Hall–Kier alpha value is -2.16. The normalized spacial score (nSPS) is 10.3. The number of rotatable bonds is 4. The molecule has 1 heterocycles. The zero-order valence-electron chi connectivity index (χ0n) is 10.3. The molecule has 0 unspecified atom stereocenters. The standard InChI is InChI=1S/C15H15NO2/c1-2-11-5-7-12(8-6-11)15-13(10-14(17)18)4-3-9-16-15/h3-9H,2,10H2,1H3,(H,17,18). The third kappa shape index (κ3) is 2.74. The van der Waals surface area contributed by atoms with E-state index in [0.29, 0.717) is 0 Å². The molecule has 0 bridgehead atoms. The highest BCUT2D eigenvalue weighted by Crippen LogP contribution is 2.22. The molecule has 0 atom stereocenters. The van der Waals surface area contributed by atoms with Gasteiger partial charge in [-0.25, -0.2) is 0 Å². The molecule has 1 N–H and O–H groups in total. The first-order valence-corrected chi connectivity index (χ1v) is 5.95. The van der Waals surface area contributed by atoms with E-state index in [-0.39, 0.29) is 6.42 Å². The van der Waals surface area contributed by atoms with Crippen LogP contribution in [0.3, 0.4) is 0 Å². The summed E-state index contributed by atoms with van der Waals surface area (Å²) in [4.78, 5) is 15.1. The van der Waals surface area contributed by atoms with Crippen molar-refractivity contribution in [3.63, 3.8) is 0 Å². The Morgan fingerprint density at radius 3 is 2.56 bits per heavy atom. The van der Waals surface area contributed by atoms with Crippen molar-refractivity contribution < 1.29 is 9.90 Å². The quantitative estimate of drug-likeness (QED) is 0.895. The van der Waals surface area contributed by atoms with Crippen LogP contribution in [0.1, 0.15) is 18.1 Å². The van der Waals surface area contributed by atoms with Gasteiger partial charge in [-0.3, -0.25) is 9.78 Å². The number of carboxylic acid groups (broad SMARTS) is 1. The summed E-state index contributed by atoms with van der Waals surface area (Å²) >= 11 is 0. The first-order chi connectivity index (χ1) is 8.70. The van der Waals surface area contributed by atoms with Crippen LogP contribution in [0.2, 0.25) is 0 Å². The molecule has 0 saturated heterocycles. The van der Waals surface area contributed by atoms with Gasteiger partial charge in [0, 0.05) is 11.8 Å². The van der Waals surface area contributed by atoms with Crippen LogP contribution in [0.15, 0.2) is 42.6 Å². The Kier molecular flexibility index (Phi) is 3.72. The predicted octanol–water partition coefficient (Wildman–Crippen LogP) is 2.94. The van der Waals surface area contributed by atoms with E-state index in [1.54, 1.807) is 12.3 Å². The van der Waals surface area contributed by atoms with E-state index in [1.807, 2.05) is 18.2 Å². The molecular formula is C15H15NO2. The molecule has 3 heteroatoms. The summed E-state index contributed by atoms with van der Waals surface area (Å²) in [6.45, 7) is 2.10. The number of pyridine rings is 1. The molecule has 18 heavy (non-hydrogen) atoms. The minimum atomic E-state index is -0.838. The number of aryl methyl sites for hydroxylation is 1. The van der Waals surface area contributed by atoms with Gasteiger partial charge < -0.3 is 5.11 Å². The average molecular weight is 241 g/mol. The molecule has 3 nitrogen and oxygen atoms in total. The second kappa shape index (κ2) is 5.45. The van der Waals surface area contributed by atoms with Crippen molar-refractivity contribution in [1.82, 2.24) is 4.98 Å². The Labute approximate surface area is 106 Å². The van der Waals surface area contributed by atoms with Crippen molar-refractivity contribution in [1.29, 1.82) is 0 Å². The van der Waals surface area contributed by atoms with Gasteiger partial charge >= 0.3 is 5.97 Å². The molecule has 1 aromatic carbocycles. The van der Waals surface area contributed by atoms with Crippen molar-refractivity contribution in [2.24, 2.45) is 0 Å². The maximum atomic E-state index is 10.8. The summed E-state index contributed by atoms with van der Waals surface area (Å²) in [5, 5.41) is 8.89. The number of hydrogen-bond donors (Lipinski definition) is 1. The molecule has 92 valence electrons. The average Bonchev–Trinajstić information content (AvgIpc) is 2.39. The fourth-order valence-corrected chi connectivity index (χ4v) is 1.90. The van der Waals surface area contributed by atoms with Crippen LogP contribution in [-0.2, 0) is 17.6 Å². The van der Waals surface area contributed by atoms with Crippen molar-refractivity contribution in [3.05, 3.63) is 53.7 Å². The van der Waals surface area contributed by atoms with E-state index in [1.165, 1.54) is 5.56 Å². The van der Waals surface area contributed by atoms with E-state index in [2.05, 4.69) is 24.0 Å². The van der Waals surface area contributed by atoms with Crippen LogP contribution in [-0.4, -0.2) is 16.1 Å². The maximum Gasteiger partial charge on any atom is 0.307 e. The molecule has 0 radical (unpaired) electrons. The minimum absolute atomic E-state index is 0.00129. The van der Waals surface area contributed by atoms with Gasteiger partial charge in [0.15, 0.2) is 0 Å². The van der Waals surface area contributed by atoms with E-state index in [0.717, 1.165) is 23.2 Å². The first-order valence-electron chi connectivity index (χ1n) is 5.95. The van der Waals surface area contributed by atoms with Gasteiger partial charge in [-0.15, -0.1) is 0 Å². The van der Waals surface area contributed by atoms with Crippen LogP contribution < -0.4 is 0 Å². The topological polar surface area (TPSA) is 50.2 Å². The molecular weight excluding hydrogens is 226 g/mol. The second-order valence-electron chi connectivity index (χ2n) is 4.13. The molecule has 0 fully saturated rings. The molecule has 0 saturated carbocycles. The number of hydrogen-bond acceptors (Lipinski definition) is 2. The molecule has 0 aliphatic rings. The number of carbonyl (C=O) groups is 1. The van der Waals surface area contributed by atoms with Crippen molar-refractivity contribution in [2.75, 3.05) is 0 Å². The third-order valence-corrected chi connectivity index (χ3v) is 2.87. The van der Waals surface area contributed by atoms with Crippen molar-refractivity contribution in [3.8, 4) is 11.3 Å². The predicted molar refractivity (Wildman–Crippen MR) is 70.4 cm³/mol. The summed E-state index contributed by atoms with van der Waals surface area (Å²) in [5.41, 5.74) is 3.72. The molecule has 0 amide bonds. The van der Waals surface area contributed by atoms with E-state index < -0.39 is 5.97 Å². The van der Waals surface area contributed by atoms with Crippen LogP contribution in [0.4, 0.5) is 0 Å². The lowest BCUT2D eigenvalue weighted by molar-refractivity contribution is -0.136. The lowest BCUT2D eigenvalue weighted by Gasteiger charge is -2.07.